The van der Waals surface area contributed by atoms with Crippen molar-refractivity contribution >= 4 is 0 Å². The van der Waals surface area contributed by atoms with Crippen LogP contribution in [0.15, 0.2) is 30.3 Å². The molecule has 6 heteroatoms. The number of aliphatic hydroxyl groups excluding tert-OH is 1. The molecule has 3 rings (SSSR count). The maximum absolute atomic E-state index is 9.58. The summed E-state index contributed by atoms with van der Waals surface area (Å²) in [5.41, 5.74) is 0.894. The average molecular weight is 296 g/mol. The molecule has 0 radical (unpaired) electrons. The molecule has 1 aromatic rings. The normalized spacial score (nSPS) is 39.2. The van der Waals surface area contributed by atoms with Crippen molar-refractivity contribution < 1.29 is 28.8 Å². The van der Waals surface area contributed by atoms with Gasteiger partial charge in [0.25, 0.3) is 0 Å². The molecule has 116 valence electrons. The number of aliphatic hydroxyl groups is 1. The van der Waals surface area contributed by atoms with E-state index in [1.165, 1.54) is 0 Å². The molecule has 1 N–H and O–H groups in total. The lowest BCUT2D eigenvalue weighted by molar-refractivity contribution is -0.291. The van der Waals surface area contributed by atoms with Crippen LogP contribution in [0.1, 0.15) is 11.9 Å². The molecule has 0 aliphatic carbocycles. The monoisotopic (exact) mass is 296 g/mol. The number of benzene rings is 1. The molecule has 2 aliphatic rings. The summed E-state index contributed by atoms with van der Waals surface area (Å²) in [6, 6.07) is 9.60. The summed E-state index contributed by atoms with van der Waals surface area (Å²) in [6.45, 7) is -0.152. The van der Waals surface area contributed by atoms with Crippen LogP contribution in [0, 0.1) is 0 Å². The molecule has 0 saturated carbocycles. The van der Waals surface area contributed by atoms with E-state index in [2.05, 4.69) is 0 Å². The highest BCUT2D eigenvalue weighted by Crippen LogP contribution is 2.39. The molecule has 2 fully saturated rings. The molecule has 6 nitrogen and oxygen atoms in total. The van der Waals surface area contributed by atoms with Crippen LogP contribution in [0.2, 0.25) is 0 Å². The average Bonchev–Trinajstić information content (AvgIpc) is 2.92. The Morgan fingerprint density at radius 2 is 1.76 bits per heavy atom. The summed E-state index contributed by atoms with van der Waals surface area (Å²) in [6.07, 6.45) is -2.68. The predicted molar refractivity (Wildman–Crippen MR) is 72.5 cm³/mol. The minimum atomic E-state index is -0.554. The van der Waals surface area contributed by atoms with Gasteiger partial charge in [0, 0.05) is 19.8 Å². The van der Waals surface area contributed by atoms with Gasteiger partial charge >= 0.3 is 0 Å². The molecule has 2 saturated heterocycles. The molecule has 0 spiro atoms. The SMILES string of the molecule is COC1OC2C(CO)OC(c3ccccc3)OC2C1OC. The van der Waals surface area contributed by atoms with Gasteiger partial charge in [-0.15, -0.1) is 0 Å². The molecular weight excluding hydrogens is 276 g/mol. The summed E-state index contributed by atoms with van der Waals surface area (Å²) in [4.78, 5) is 0. The molecule has 2 aliphatic heterocycles. The Morgan fingerprint density at radius 1 is 1.00 bits per heavy atom. The Bertz CT molecular complexity index is 453. The van der Waals surface area contributed by atoms with Crippen LogP contribution in [0.3, 0.4) is 0 Å². The van der Waals surface area contributed by atoms with Gasteiger partial charge in [-0.3, -0.25) is 0 Å². The van der Waals surface area contributed by atoms with Gasteiger partial charge in [0.1, 0.15) is 24.4 Å². The molecular formula is C15H20O6. The fourth-order valence-corrected chi connectivity index (χ4v) is 2.87. The number of methoxy groups -OCH3 is 2. The molecule has 0 aromatic heterocycles. The third-order valence-corrected chi connectivity index (χ3v) is 3.91. The molecule has 6 atom stereocenters. The summed E-state index contributed by atoms with van der Waals surface area (Å²) >= 11 is 0. The lowest BCUT2D eigenvalue weighted by Crippen LogP contribution is -2.50. The second kappa shape index (κ2) is 6.39. The molecule has 2 heterocycles. The highest BCUT2D eigenvalue weighted by atomic mass is 16.8. The quantitative estimate of drug-likeness (QED) is 0.888. The van der Waals surface area contributed by atoms with E-state index in [0.717, 1.165) is 5.56 Å². The molecule has 0 amide bonds. The summed E-state index contributed by atoms with van der Waals surface area (Å²) < 4.78 is 28.3. The lowest BCUT2D eigenvalue weighted by Gasteiger charge is -2.38. The third kappa shape index (κ3) is 2.70. The van der Waals surface area contributed by atoms with Crippen LogP contribution >= 0.6 is 0 Å². The number of fused-ring (bicyclic) bond motifs is 1. The van der Waals surface area contributed by atoms with Crippen LogP contribution in [0.5, 0.6) is 0 Å². The zero-order valence-electron chi connectivity index (χ0n) is 12.0. The van der Waals surface area contributed by atoms with Crippen LogP contribution in [-0.4, -0.2) is 56.6 Å². The Kier molecular flexibility index (Phi) is 4.54. The van der Waals surface area contributed by atoms with Crippen LogP contribution in [0.4, 0.5) is 0 Å². The van der Waals surface area contributed by atoms with Crippen LogP contribution in [-0.2, 0) is 23.7 Å². The van der Waals surface area contributed by atoms with Crippen LogP contribution in [0.25, 0.3) is 0 Å². The maximum Gasteiger partial charge on any atom is 0.186 e. The van der Waals surface area contributed by atoms with Gasteiger partial charge < -0.3 is 28.8 Å². The highest BCUT2D eigenvalue weighted by molar-refractivity contribution is 5.17. The van der Waals surface area contributed by atoms with E-state index in [0.29, 0.717) is 0 Å². The molecule has 21 heavy (non-hydrogen) atoms. The van der Waals surface area contributed by atoms with E-state index in [4.69, 9.17) is 23.7 Å². The van der Waals surface area contributed by atoms with E-state index in [1.807, 2.05) is 30.3 Å². The van der Waals surface area contributed by atoms with Gasteiger partial charge in [0.05, 0.1) is 6.61 Å². The lowest BCUT2D eigenvalue weighted by atomic mass is 10.0. The van der Waals surface area contributed by atoms with Gasteiger partial charge in [-0.2, -0.15) is 0 Å². The summed E-state index contributed by atoms with van der Waals surface area (Å²) in [5.74, 6) is 0. The number of rotatable bonds is 4. The molecule has 6 unspecified atom stereocenters. The van der Waals surface area contributed by atoms with E-state index in [1.54, 1.807) is 14.2 Å². The van der Waals surface area contributed by atoms with Crippen molar-refractivity contribution in [3.05, 3.63) is 35.9 Å². The Labute approximate surface area is 123 Å². The fourth-order valence-electron chi connectivity index (χ4n) is 2.87. The number of hydrogen-bond acceptors (Lipinski definition) is 6. The minimum absolute atomic E-state index is 0.152. The first-order valence-corrected chi connectivity index (χ1v) is 6.96. The summed E-state index contributed by atoms with van der Waals surface area (Å²) in [7, 11) is 3.14. The predicted octanol–water partition coefficient (Wildman–Crippen LogP) is 0.848. The van der Waals surface area contributed by atoms with Crippen molar-refractivity contribution in [1.29, 1.82) is 0 Å². The zero-order chi connectivity index (χ0) is 14.8. The van der Waals surface area contributed by atoms with E-state index < -0.39 is 24.8 Å². The molecule has 1 aromatic carbocycles. The van der Waals surface area contributed by atoms with Crippen LogP contribution < -0.4 is 0 Å². The first-order chi connectivity index (χ1) is 10.3. The second-order valence-corrected chi connectivity index (χ2v) is 5.11. The van der Waals surface area contributed by atoms with Crippen molar-refractivity contribution in [2.24, 2.45) is 0 Å². The topological polar surface area (TPSA) is 66.4 Å². The van der Waals surface area contributed by atoms with E-state index >= 15 is 0 Å². The Morgan fingerprint density at radius 3 is 2.38 bits per heavy atom. The smallest absolute Gasteiger partial charge is 0.186 e. The maximum atomic E-state index is 9.58. The van der Waals surface area contributed by atoms with Crippen molar-refractivity contribution in [2.45, 2.75) is 37.0 Å². The van der Waals surface area contributed by atoms with Gasteiger partial charge in [0.15, 0.2) is 12.6 Å². The van der Waals surface area contributed by atoms with Gasteiger partial charge in [0.2, 0.25) is 0 Å². The Balaban J connectivity index is 1.84. The minimum Gasteiger partial charge on any atom is -0.394 e. The van der Waals surface area contributed by atoms with Crippen molar-refractivity contribution in [1.82, 2.24) is 0 Å². The van der Waals surface area contributed by atoms with Crippen molar-refractivity contribution in [3.63, 3.8) is 0 Å². The van der Waals surface area contributed by atoms with E-state index in [-0.39, 0.29) is 18.8 Å². The van der Waals surface area contributed by atoms with Gasteiger partial charge in [-0.1, -0.05) is 30.3 Å². The highest BCUT2D eigenvalue weighted by Gasteiger charge is 2.53. The third-order valence-electron chi connectivity index (χ3n) is 3.91. The Hall–Kier alpha value is -1.02. The van der Waals surface area contributed by atoms with Gasteiger partial charge in [-0.05, 0) is 0 Å². The molecule has 0 bridgehead atoms. The van der Waals surface area contributed by atoms with Gasteiger partial charge in [-0.25, -0.2) is 0 Å². The van der Waals surface area contributed by atoms with E-state index in [9.17, 15) is 5.11 Å². The number of hydrogen-bond donors (Lipinski definition) is 1. The first kappa shape index (κ1) is 14.9. The first-order valence-electron chi connectivity index (χ1n) is 6.96. The van der Waals surface area contributed by atoms with Crippen molar-refractivity contribution in [2.75, 3.05) is 20.8 Å². The summed E-state index contributed by atoms with van der Waals surface area (Å²) in [5, 5.41) is 9.58. The number of ether oxygens (including phenoxy) is 5. The largest absolute Gasteiger partial charge is 0.394 e. The standard InChI is InChI=1S/C15H20O6/c1-17-13-12-11(20-15(13)18-2)10(8-16)19-14(21-12)9-6-4-3-5-7-9/h3-7,10-16H,8H2,1-2H3. The van der Waals surface area contributed by atoms with Crippen molar-refractivity contribution in [3.8, 4) is 0 Å². The second-order valence-electron chi connectivity index (χ2n) is 5.11. The zero-order valence-corrected chi connectivity index (χ0v) is 12.0. The fraction of sp³-hybridized carbons (Fsp3) is 0.600.